The second-order valence-electron chi connectivity index (χ2n) is 7.60. The molecular formula is C21H25NO4S. The predicted octanol–water partition coefficient (Wildman–Crippen LogP) is 4.05. The lowest BCUT2D eigenvalue weighted by atomic mass is 9.78. The van der Waals surface area contributed by atoms with Gasteiger partial charge in [0.05, 0.1) is 16.9 Å². The van der Waals surface area contributed by atoms with Crippen LogP contribution in [-0.2, 0) is 15.6 Å². The molecule has 5 nitrogen and oxygen atoms in total. The predicted molar refractivity (Wildman–Crippen MR) is 102 cm³/mol. The number of hydrogen-bond donors (Lipinski definition) is 0. The lowest BCUT2D eigenvalue weighted by Crippen LogP contribution is -2.49. The first-order valence-electron chi connectivity index (χ1n) is 9.71. The minimum atomic E-state index is -3.52. The van der Waals surface area contributed by atoms with Crippen LogP contribution in [0.15, 0.2) is 52.0 Å². The van der Waals surface area contributed by atoms with Gasteiger partial charge in [-0.25, -0.2) is 8.42 Å². The zero-order valence-corrected chi connectivity index (χ0v) is 16.2. The van der Waals surface area contributed by atoms with Crippen molar-refractivity contribution in [2.75, 3.05) is 6.54 Å². The summed E-state index contributed by atoms with van der Waals surface area (Å²) in [5.41, 5.74) is 0.446. The molecule has 4 rings (SSSR count). The van der Waals surface area contributed by atoms with Crippen LogP contribution < -0.4 is 0 Å². The van der Waals surface area contributed by atoms with Crippen LogP contribution in [-0.4, -0.2) is 31.8 Å². The van der Waals surface area contributed by atoms with Gasteiger partial charge in [-0.15, -0.1) is 0 Å². The third-order valence-electron chi connectivity index (χ3n) is 5.89. The first kappa shape index (κ1) is 18.3. The number of furan rings is 1. The van der Waals surface area contributed by atoms with Gasteiger partial charge in [0.2, 0.25) is 0 Å². The lowest BCUT2D eigenvalue weighted by Gasteiger charge is -2.43. The number of amides is 1. The Bertz CT molecular complexity index is 901. The third-order valence-corrected chi connectivity index (χ3v) is 7.57. The summed E-state index contributed by atoms with van der Waals surface area (Å²) >= 11 is 0. The highest BCUT2D eigenvalue weighted by Crippen LogP contribution is 2.36. The van der Waals surface area contributed by atoms with Gasteiger partial charge in [0, 0.05) is 18.2 Å². The van der Waals surface area contributed by atoms with Crippen molar-refractivity contribution in [1.29, 1.82) is 0 Å². The molecule has 1 aromatic carbocycles. The average molecular weight is 388 g/mol. The number of rotatable bonds is 4. The Kier molecular flexibility index (Phi) is 5.08. The van der Waals surface area contributed by atoms with Crippen LogP contribution in [0, 0.1) is 5.92 Å². The number of carbonyl (C=O) groups excluding carboxylic acids is 1. The number of likely N-dealkylation sites (tertiary alicyclic amines) is 1. The Labute approximate surface area is 160 Å². The van der Waals surface area contributed by atoms with E-state index in [2.05, 4.69) is 0 Å². The number of fused-ring (bicyclic) bond motifs is 1. The molecule has 1 saturated heterocycles. The molecule has 1 saturated carbocycles. The fourth-order valence-corrected chi connectivity index (χ4v) is 5.94. The van der Waals surface area contributed by atoms with Crippen molar-refractivity contribution in [2.24, 2.45) is 5.92 Å². The molecule has 2 atom stereocenters. The molecular weight excluding hydrogens is 362 g/mol. The van der Waals surface area contributed by atoms with Crippen molar-refractivity contribution >= 4 is 15.7 Å². The van der Waals surface area contributed by atoms with Crippen molar-refractivity contribution in [1.82, 2.24) is 4.90 Å². The smallest absolute Gasteiger partial charge is 0.290 e. The minimum absolute atomic E-state index is 0.158. The molecule has 1 amide bonds. The van der Waals surface area contributed by atoms with Gasteiger partial charge in [0.1, 0.15) is 0 Å². The van der Waals surface area contributed by atoms with E-state index in [9.17, 15) is 13.2 Å². The van der Waals surface area contributed by atoms with Crippen LogP contribution in [0.1, 0.15) is 54.6 Å². The normalized spacial score (nSPS) is 23.0. The number of piperidine rings is 1. The molecule has 0 bridgehead atoms. The second kappa shape index (κ2) is 7.50. The van der Waals surface area contributed by atoms with Crippen molar-refractivity contribution in [3.05, 3.63) is 54.0 Å². The SMILES string of the molecule is O=C(c1occc1CS(=O)(=O)c1ccccc1)N1CCCC2CCCCC21. The summed E-state index contributed by atoms with van der Waals surface area (Å²) in [4.78, 5) is 15.4. The molecule has 1 aromatic heterocycles. The van der Waals surface area contributed by atoms with E-state index < -0.39 is 9.84 Å². The van der Waals surface area contributed by atoms with E-state index >= 15 is 0 Å². The van der Waals surface area contributed by atoms with E-state index in [1.807, 2.05) is 4.90 Å². The van der Waals surface area contributed by atoms with Crippen molar-refractivity contribution in [2.45, 2.75) is 55.2 Å². The maximum absolute atomic E-state index is 13.2. The maximum Gasteiger partial charge on any atom is 0.290 e. The van der Waals surface area contributed by atoms with Crippen molar-refractivity contribution < 1.29 is 17.6 Å². The fraction of sp³-hybridized carbons (Fsp3) is 0.476. The maximum atomic E-state index is 13.2. The van der Waals surface area contributed by atoms with E-state index in [0.717, 1.165) is 25.8 Å². The summed E-state index contributed by atoms with van der Waals surface area (Å²) in [6, 6.07) is 10.2. The Balaban J connectivity index is 1.57. The van der Waals surface area contributed by atoms with Crippen LogP contribution in [0.4, 0.5) is 0 Å². The van der Waals surface area contributed by atoms with Gasteiger partial charge in [-0.3, -0.25) is 4.79 Å². The standard InChI is InChI=1S/C21H25NO4S/c23-21(22-13-6-8-16-7-4-5-11-19(16)22)20-17(12-14-26-20)15-27(24,25)18-9-2-1-3-10-18/h1-3,9-10,12,14,16,19H,4-8,11,13,15H2. The lowest BCUT2D eigenvalue weighted by molar-refractivity contribution is 0.0361. The molecule has 1 aliphatic carbocycles. The van der Waals surface area contributed by atoms with Crippen LogP contribution in [0.5, 0.6) is 0 Å². The molecule has 2 unspecified atom stereocenters. The Morgan fingerprint density at radius 2 is 1.78 bits per heavy atom. The quantitative estimate of drug-likeness (QED) is 0.794. The molecule has 2 heterocycles. The zero-order chi connectivity index (χ0) is 18.9. The highest BCUT2D eigenvalue weighted by atomic mass is 32.2. The summed E-state index contributed by atoms with van der Waals surface area (Å²) in [5, 5.41) is 0. The number of carbonyl (C=O) groups is 1. The van der Waals surface area contributed by atoms with Crippen LogP contribution in [0.25, 0.3) is 0 Å². The van der Waals surface area contributed by atoms with Gasteiger partial charge in [0.25, 0.3) is 5.91 Å². The summed E-state index contributed by atoms with van der Waals surface area (Å²) in [7, 11) is -3.52. The topological polar surface area (TPSA) is 67.6 Å². The number of benzene rings is 1. The highest BCUT2D eigenvalue weighted by molar-refractivity contribution is 7.90. The van der Waals surface area contributed by atoms with Gasteiger partial charge in [-0.05, 0) is 49.8 Å². The van der Waals surface area contributed by atoms with E-state index in [1.165, 1.54) is 25.5 Å². The van der Waals surface area contributed by atoms with Gasteiger partial charge < -0.3 is 9.32 Å². The first-order chi connectivity index (χ1) is 13.1. The molecule has 6 heteroatoms. The molecule has 27 heavy (non-hydrogen) atoms. The molecule has 0 N–H and O–H groups in total. The monoisotopic (exact) mass is 387 g/mol. The Morgan fingerprint density at radius 3 is 2.59 bits per heavy atom. The van der Waals surface area contributed by atoms with Gasteiger partial charge in [-0.2, -0.15) is 0 Å². The van der Waals surface area contributed by atoms with Gasteiger partial charge >= 0.3 is 0 Å². The van der Waals surface area contributed by atoms with Crippen molar-refractivity contribution in [3.63, 3.8) is 0 Å². The zero-order valence-electron chi connectivity index (χ0n) is 15.3. The third kappa shape index (κ3) is 3.68. The van der Waals surface area contributed by atoms with Gasteiger partial charge in [-0.1, -0.05) is 31.0 Å². The number of nitrogens with zero attached hydrogens (tertiary/aromatic N) is 1. The van der Waals surface area contributed by atoms with E-state index in [-0.39, 0.29) is 28.4 Å². The fourth-order valence-electron chi connectivity index (χ4n) is 4.56. The Hall–Kier alpha value is -2.08. The Morgan fingerprint density at radius 1 is 1.04 bits per heavy atom. The van der Waals surface area contributed by atoms with Crippen LogP contribution in [0.3, 0.4) is 0 Å². The van der Waals surface area contributed by atoms with Crippen LogP contribution in [0.2, 0.25) is 0 Å². The largest absolute Gasteiger partial charge is 0.459 e. The molecule has 0 radical (unpaired) electrons. The average Bonchev–Trinajstić information content (AvgIpc) is 3.15. The molecule has 2 fully saturated rings. The molecule has 2 aliphatic rings. The van der Waals surface area contributed by atoms with E-state index in [4.69, 9.17) is 4.42 Å². The highest BCUT2D eigenvalue weighted by Gasteiger charge is 2.37. The van der Waals surface area contributed by atoms with Gasteiger partial charge in [0.15, 0.2) is 15.6 Å². The van der Waals surface area contributed by atoms with E-state index in [1.54, 1.807) is 36.4 Å². The summed E-state index contributed by atoms with van der Waals surface area (Å²) in [5.74, 6) is 0.370. The summed E-state index contributed by atoms with van der Waals surface area (Å²) in [6.45, 7) is 0.728. The summed E-state index contributed by atoms with van der Waals surface area (Å²) < 4.78 is 30.9. The molecule has 1 aliphatic heterocycles. The molecule has 144 valence electrons. The van der Waals surface area contributed by atoms with Crippen LogP contribution >= 0.6 is 0 Å². The van der Waals surface area contributed by atoms with Crippen molar-refractivity contribution in [3.8, 4) is 0 Å². The number of hydrogen-bond acceptors (Lipinski definition) is 4. The number of sulfone groups is 1. The first-order valence-corrected chi connectivity index (χ1v) is 11.4. The second-order valence-corrected chi connectivity index (χ2v) is 9.59. The summed E-state index contributed by atoms with van der Waals surface area (Å²) in [6.07, 6.45) is 8.22. The van der Waals surface area contributed by atoms with E-state index in [0.29, 0.717) is 11.5 Å². The molecule has 0 spiro atoms. The minimum Gasteiger partial charge on any atom is -0.459 e. The molecule has 2 aromatic rings.